The van der Waals surface area contributed by atoms with E-state index < -0.39 is 10.0 Å². The smallest absolute Gasteiger partial charge is 0.257 e. The predicted octanol–water partition coefficient (Wildman–Crippen LogP) is 4.40. The van der Waals surface area contributed by atoms with Crippen molar-refractivity contribution in [2.75, 3.05) is 18.4 Å². The van der Waals surface area contributed by atoms with Gasteiger partial charge in [-0.2, -0.15) is 4.31 Å². The normalized spacial score (nSPS) is 15.2. The third-order valence-electron chi connectivity index (χ3n) is 4.72. The van der Waals surface area contributed by atoms with Crippen LogP contribution >= 0.6 is 27.3 Å². The van der Waals surface area contributed by atoms with Crippen LogP contribution in [-0.2, 0) is 10.0 Å². The van der Waals surface area contributed by atoms with E-state index in [1.165, 1.54) is 15.6 Å². The van der Waals surface area contributed by atoms with Gasteiger partial charge in [-0.1, -0.05) is 27.3 Å². The lowest BCUT2D eigenvalue weighted by Gasteiger charge is -2.15. The van der Waals surface area contributed by atoms with E-state index in [1.54, 1.807) is 24.3 Å². The van der Waals surface area contributed by atoms with Crippen LogP contribution in [0.25, 0.3) is 10.2 Å². The number of nitrogens with zero attached hydrogens (tertiary/aromatic N) is 2. The molecule has 28 heavy (non-hydrogen) atoms. The van der Waals surface area contributed by atoms with Gasteiger partial charge in [0.15, 0.2) is 5.13 Å². The van der Waals surface area contributed by atoms with Crippen LogP contribution in [0.15, 0.2) is 45.8 Å². The molecule has 1 fully saturated rings. The minimum Gasteiger partial charge on any atom is -0.298 e. The molecule has 0 spiro atoms. The minimum absolute atomic E-state index is 0.242. The Hall–Kier alpha value is -1.81. The molecule has 0 bridgehead atoms. The largest absolute Gasteiger partial charge is 0.298 e. The number of carbonyl (C=O) groups excluding carboxylic acids is 1. The number of halogens is 1. The summed E-state index contributed by atoms with van der Waals surface area (Å²) in [6, 6.07) is 10.4. The molecule has 146 valence electrons. The average molecular weight is 480 g/mol. The lowest BCUT2D eigenvalue weighted by Crippen LogP contribution is -2.27. The number of rotatable bonds is 4. The molecule has 3 aromatic rings. The minimum atomic E-state index is -3.48. The quantitative estimate of drug-likeness (QED) is 0.600. The lowest BCUT2D eigenvalue weighted by atomic mass is 10.1. The molecule has 0 radical (unpaired) electrons. The van der Waals surface area contributed by atoms with Gasteiger partial charge in [0.1, 0.15) is 0 Å². The predicted molar refractivity (Wildman–Crippen MR) is 114 cm³/mol. The van der Waals surface area contributed by atoms with Crippen LogP contribution in [0.2, 0.25) is 0 Å². The highest BCUT2D eigenvalue weighted by molar-refractivity contribution is 9.10. The Morgan fingerprint density at radius 3 is 2.64 bits per heavy atom. The zero-order chi connectivity index (χ0) is 19.9. The fourth-order valence-corrected chi connectivity index (χ4v) is 6.24. The molecule has 1 aliphatic rings. The number of benzene rings is 2. The zero-order valence-electron chi connectivity index (χ0n) is 15.1. The summed E-state index contributed by atoms with van der Waals surface area (Å²) in [7, 11) is -3.48. The second-order valence-corrected chi connectivity index (χ2v) is 10.6. The summed E-state index contributed by atoms with van der Waals surface area (Å²) in [5.74, 6) is -0.242. The molecule has 0 aliphatic carbocycles. The Morgan fingerprint density at radius 1 is 1.18 bits per heavy atom. The van der Waals surface area contributed by atoms with Gasteiger partial charge in [0.2, 0.25) is 10.0 Å². The number of hydrogen-bond donors (Lipinski definition) is 1. The van der Waals surface area contributed by atoms with Crippen molar-refractivity contribution in [3.8, 4) is 0 Å². The second kappa shape index (κ2) is 7.55. The number of aryl methyl sites for hydroxylation is 1. The van der Waals surface area contributed by atoms with Crippen LogP contribution in [-0.4, -0.2) is 36.7 Å². The number of hydrogen-bond acceptors (Lipinski definition) is 5. The van der Waals surface area contributed by atoms with Crippen LogP contribution < -0.4 is 5.32 Å². The van der Waals surface area contributed by atoms with E-state index in [1.807, 2.05) is 19.1 Å². The van der Waals surface area contributed by atoms with Gasteiger partial charge in [-0.15, -0.1) is 0 Å². The summed E-state index contributed by atoms with van der Waals surface area (Å²) in [6.07, 6.45) is 1.79. The first-order chi connectivity index (χ1) is 13.3. The van der Waals surface area contributed by atoms with Gasteiger partial charge in [-0.3, -0.25) is 10.1 Å². The summed E-state index contributed by atoms with van der Waals surface area (Å²) in [6.45, 7) is 3.00. The van der Waals surface area contributed by atoms with E-state index in [4.69, 9.17) is 0 Å². The highest BCUT2D eigenvalue weighted by atomic mass is 79.9. The third-order valence-corrected chi connectivity index (χ3v) is 8.04. The van der Waals surface area contributed by atoms with Crippen molar-refractivity contribution in [1.29, 1.82) is 0 Å². The molecule has 1 aliphatic heterocycles. The lowest BCUT2D eigenvalue weighted by molar-refractivity contribution is 0.102. The van der Waals surface area contributed by atoms with Crippen molar-refractivity contribution in [2.24, 2.45) is 0 Å². The summed E-state index contributed by atoms with van der Waals surface area (Å²) in [5, 5.41) is 3.26. The molecule has 1 N–H and O–H groups in total. The Balaban J connectivity index is 1.60. The summed E-state index contributed by atoms with van der Waals surface area (Å²) < 4.78 is 28.7. The van der Waals surface area contributed by atoms with E-state index in [9.17, 15) is 13.2 Å². The van der Waals surface area contributed by atoms with Crippen molar-refractivity contribution in [2.45, 2.75) is 24.7 Å². The molecule has 0 atom stereocenters. The van der Waals surface area contributed by atoms with Crippen LogP contribution in [0.1, 0.15) is 28.8 Å². The molecule has 9 heteroatoms. The molecule has 1 amide bonds. The first-order valence-corrected chi connectivity index (χ1v) is 11.9. The Labute approximate surface area is 175 Å². The first kappa shape index (κ1) is 19.5. The first-order valence-electron chi connectivity index (χ1n) is 8.83. The van der Waals surface area contributed by atoms with E-state index >= 15 is 0 Å². The van der Waals surface area contributed by atoms with Crippen LogP contribution in [0.3, 0.4) is 0 Å². The van der Waals surface area contributed by atoms with Gasteiger partial charge in [-0.05, 0) is 61.7 Å². The molecule has 2 heterocycles. The third kappa shape index (κ3) is 3.71. The number of sulfonamides is 1. The highest BCUT2D eigenvalue weighted by Gasteiger charge is 2.27. The number of anilines is 1. The van der Waals surface area contributed by atoms with Gasteiger partial charge in [0.25, 0.3) is 5.91 Å². The molecule has 6 nitrogen and oxygen atoms in total. The number of aromatic nitrogens is 1. The average Bonchev–Trinajstić information content (AvgIpc) is 3.30. The van der Waals surface area contributed by atoms with Crippen molar-refractivity contribution < 1.29 is 13.2 Å². The van der Waals surface area contributed by atoms with Gasteiger partial charge < -0.3 is 0 Å². The van der Waals surface area contributed by atoms with Crippen molar-refractivity contribution >= 4 is 58.5 Å². The molecule has 2 aromatic carbocycles. The Morgan fingerprint density at radius 2 is 1.93 bits per heavy atom. The number of nitrogens with one attached hydrogen (secondary N) is 1. The molecule has 0 saturated carbocycles. The number of thiazole rings is 1. The van der Waals surface area contributed by atoms with Crippen LogP contribution in [0.5, 0.6) is 0 Å². The Bertz CT molecular complexity index is 1170. The van der Waals surface area contributed by atoms with Gasteiger partial charge in [0, 0.05) is 23.1 Å². The molecular weight excluding hydrogens is 462 g/mol. The van der Waals surface area contributed by atoms with Gasteiger partial charge in [-0.25, -0.2) is 13.4 Å². The van der Waals surface area contributed by atoms with Crippen LogP contribution in [0, 0.1) is 6.92 Å². The zero-order valence-corrected chi connectivity index (χ0v) is 18.3. The fraction of sp³-hybridized carbons (Fsp3) is 0.263. The fourth-order valence-electron chi connectivity index (χ4n) is 3.24. The van der Waals surface area contributed by atoms with Crippen molar-refractivity contribution in [1.82, 2.24) is 9.29 Å². The van der Waals surface area contributed by atoms with E-state index in [-0.39, 0.29) is 10.8 Å². The second-order valence-electron chi connectivity index (χ2n) is 6.67. The summed E-state index contributed by atoms with van der Waals surface area (Å²) in [5.41, 5.74) is 2.08. The van der Waals surface area contributed by atoms with Gasteiger partial charge >= 0.3 is 0 Å². The molecular formula is C19H18BrN3O3S2. The molecule has 1 saturated heterocycles. The maximum absolute atomic E-state index is 12.7. The topological polar surface area (TPSA) is 79.4 Å². The van der Waals surface area contributed by atoms with Gasteiger partial charge in [0.05, 0.1) is 15.1 Å². The van der Waals surface area contributed by atoms with Crippen LogP contribution in [0.4, 0.5) is 5.13 Å². The monoisotopic (exact) mass is 479 g/mol. The maximum Gasteiger partial charge on any atom is 0.257 e. The summed E-state index contributed by atoms with van der Waals surface area (Å²) in [4.78, 5) is 17.2. The van der Waals surface area contributed by atoms with Crippen molar-refractivity contribution in [3.05, 3.63) is 52.0 Å². The molecule has 1 aromatic heterocycles. The SMILES string of the molecule is Cc1cc(Br)ccc1C(=O)Nc1nc2ccc(S(=O)(=O)N3CCCC3)cc2s1. The Kier molecular flexibility index (Phi) is 5.26. The van der Waals surface area contributed by atoms with Crippen molar-refractivity contribution in [3.63, 3.8) is 0 Å². The van der Waals surface area contributed by atoms with E-state index in [2.05, 4.69) is 26.2 Å². The standard InChI is InChI=1S/C19H18BrN3O3S2/c1-12-10-13(20)4-6-15(12)18(24)22-19-21-16-7-5-14(11-17(16)27-19)28(25,26)23-8-2-3-9-23/h4-7,10-11H,2-3,8-9H2,1H3,(H,21,22,24). The molecule has 4 rings (SSSR count). The number of carbonyl (C=O) groups is 1. The number of fused-ring (bicyclic) bond motifs is 1. The highest BCUT2D eigenvalue weighted by Crippen LogP contribution is 2.30. The summed E-state index contributed by atoms with van der Waals surface area (Å²) >= 11 is 4.65. The van der Waals surface area contributed by atoms with E-state index in [0.29, 0.717) is 29.3 Å². The number of amides is 1. The molecule has 0 unspecified atom stereocenters. The maximum atomic E-state index is 12.7. The van der Waals surface area contributed by atoms with E-state index in [0.717, 1.165) is 27.6 Å².